The lowest BCUT2D eigenvalue weighted by Crippen LogP contribution is -2.55. The lowest BCUT2D eigenvalue weighted by atomic mass is 10.0. The summed E-state index contributed by atoms with van der Waals surface area (Å²) in [6.45, 7) is 4.91. The van der Waals surface area contributed by atoms with E-state index in [2.05, 4.69) is 0 Å². The molecule has 1 aromatic carbocycles. The van der Waals surface area contributed by atoms with Crippen LogP contribution in [0.5, 0.6) is 0 Å². The van der Waals surface area contributed by atoms with E-state index in [1.54, 1.807) is 4.90 Å². The molecule has 114 valence electrons. The molecule has 0 aromatic heterocycles. The third-order valence-electron chi connectivity index (χ3n) is 3.34. The molecule has 0 atom stereocenters. The summed E-state index contributed by atoms with van der Waals surface area (Å²) in [7, 11) is 0. The van der Waals surface area contributed by atoms with Crippen LogP contribution in [0.1, 0.15) is 24.2 Å². The molecule has 0 saturated carbocycles. The number of amides is 1. The number of hydrogen-bond donors (Lipinski definition) is 0. The van der Waals surface area contributed by atoms with E-state index < -0.39 is 10.5 Å². The molecule has 1 aliphatic rings. The maximum atomic E-state index is 12.7. The van der Waals surface area contributed by atoms with Gasteiger partial charge in [0.2, 0.25) is 0 Å². The van der Waals surface area contributed by atoms with Crippen LogP contribution in [0.4, 0.5) is 5.69 Å². The second kappa shape index (κ2) is 5.79. The van der Waals surface area contributed by atoms with E-state index in [1.165, 1.54) is 0 Å². The summed E-state index contributed by atoms with van der Waals surface area (Å²) in [5.74, 6) is -0.390. The van der Waals surface area contributed by atoms with Crippen molar-refractivity contribution in [2.75, 3.05) is 19.8 Å². The third kappa shape index (κ3) is 3.12. The number of carbonyl (C=O) groups is 1. The van der Waals surface area contributed by atoms with E-state index >= 15 is 0 Å². The Hall–Kier alpha value is -1.37. The number of nitrogens with zero attached hydrogens (tertiary/aromatic N) is 2. The quantitative estimate of drug-likeness (QED) is 0.616. The van der Waals surface area contributed by atoms with Crippen LogP contribution in [0.25, 0.3) is 0 Å². The summed E-state index contributed by atoms with van der Waals surface area (Å²) in [6.07, 6.45) is 0. The molecule has 0 N–H and O–H groups in total. The van der Waals surface area contributed by atoms with Gasteiger partial charge >= 0.3 is 0 Å². The van der Waals surface area contributed by atoms with Crippen molar-refractivity contribution in [3.05, 3.63) is 37.9 Å². The van der Waals surface area contributed by atoms with Gasteiger partial charge in [0.15, 0.2) is 0 Å². The lowest BCUT2D eigenvalue weighted by molar-refractivity contribution is -0.384. The fourth-order valence-electron chi connectivity index (χ4n) is 2.22. The topological polar surface area (TPSA) is 72.7 Å². The van der Waals surface area contributed by atoms with Crippen LogP contribution in [0, 0.1) is 10.1 Å². The number of ether oxygens (including phenoxy) is 1. The van der Waals surface area contributed by atoms with Gasteiger partial charge in [0.25, 0.3) is 11.6 Å². The smallest absolute Gasteiger partial charge is 0.271 e. The maximum absolute atomic E-state index is 12.7. The van der Waals surface area contributed by atoms with Crippen molar-refractivity contribution in [1.29, 1.82) is 0 Å². The zero-order valence-corrected chi connectivity index (χ0v) is 13.1. The molecular weight excluding hydrogens is 319 g/mol. The van der Waals surface area contributed by atoms with Crippen molar-refractivity contribution >= 4 is 34.8 Å². The molecule has 0 aliphatic carbocycles. The van der Waals surface area contributed by atoms with Gasteiger partial charge in [-0.1, -0.05) is 23.2 Å². The van der Waals surface area contributed by atoms with Crippen molar-refractivity contribution in [2.45, 2.75) is 19.4 Å². The van der Waals surface area contributed by atoms with Crippen molar-refractivity contribution in [1.82, 2.24) is 4.90 Å². The Bertz CT molecular complexity index is 604. The van der Waals surface area contributed by atoms with Crippen molar-refractivity contribution < 1.29 is 14.5 Å². The van der Waals surface area contributed by atoms with E-state index in [0.29, 0.717) is 19.8 Å². The third-order valence-corrected chi connectivity index (χ3v) is 4.15. The molecule has 0 bridgehead atoms. The summed E-state index contributed by atoms with van der Waals surface area (Å²) < 4.78 is 5.36. The average molecular weight is 333 g/mol. The largest absolute Gasteiger partial charge is 0.377 e. The van der Waals surface area contributed by atoms with E-state index in [9.17, 15) is 14.9 Å². The first-order chi connectivity index (χ1) is 9.74. The van der Waals surface area contributed by atoms with Crippen LogP contribution in [-0.4, -0.2) is 41.0 Å². The monoisotopic (exact) mass is 332 g/mol. The number of halogens is 2. The highest BCUT2D eigenvalue weighted by Crippen LogP contribution is 2.33. The van der Waals surface area contributed by atoms with Crippen LogP contribution in [0.3, 0.4) is 0 Å². The molecule has 1 aliphatic heterocycles. The van der Waals surface area contributed by atoms with Gasteiger partial charge in [0, 0.05) is 18.7 Å². The second-order valence-electron chi connectivity index (χ2n) is 5.37. The van der Waals surface area contributed by atoms with Crippen molar-refractivity contribution in [3.8, 4) is 0 Å². The summed E-state index contributed by atoms with van der Waals surface area (Å²) in [5.41, 5.74) is -0.750. The van der Waals surface area contributed by atoms with Gasteiger partial charge in [-0.05, 0) is 13.8 Å². The number of hydrogen-bond acceptors (Lipinski definition) is 4. The number of carbonyl (C=O) groups excluding carboxylic acids is 1. The first kappa shape index (κ1) is 16.0. The van der Waals surface area contributed by atoms with Gasteiger partial charge in [-0.25, -0.2) is 0 Å². The Morgan fingerprint density at radius 1 is 1.43 bits per heavy atom. The average Bonchev–Trinajstić information content (AvgIpc) is 2.40. The highest BCUT2D eigenvalue weighted by Gasteiger charge is 2.36. The molecule has 6 nitrogen and oxygen atoms in total. The highest BCUT2D eigenvalue weighted by atomic mass is 35.5. The molecule has 2 rings (SSSR count). The summed E-state index contributed by atoms with van der Waals surface area (Å²) in [5, 5.41) is 10.9. The van der Waals surface area contributed by atoms with Gasteiger partial charge in [-0.3, -0.25) is 14.9 Å². The Balaban J connectivity index is 2.45. The minimum absolute atomic E-state index is 0.0136. The van der Waals surface area contributed by atoms with Crippen molar-refractivity contribution in [3.63, 3.8) is 0 Å². The minimum atomic E-state index is -0.608. The van der Waals surface area contributed by atoms with Gasteiger partial charge in [-0.15, -0.1) is 0 Å². The second-order valence-corrected chi connectivity index (χ2v) is 6.15. The summed E-state index contributed by atoms with van der Waals surface area (Å²) >= 11 is 11.9. The van der Waals surface area contributed by atoms with E-state index in [1.807, 2.05) is 13.8 Å². The first-order valence-corrected chi connectivity index (χ1v) is 7.03. The van der Waals surface area contributed by atoms with Crippen molar-refractivity contribution in [2.24, 2.45) is 0 Å². The Morgan fingerprint density at radius 2 is 2.10 bits per heavy atom. The van der Waals surface area contributed by atoms with Gasteiger partial charge in [-0.2, -0.15) is 0 Å². The Morgan fingerprint density at radius 3 is 2.67 bits per heavy atom. The SMILES string of the molecule is CC1(C)COCCN1C(=O)c1cc([N+](=O)[O-])cc(Cl)c1Cl. The summed E-state index contributed by atoms with van der Waals surface area (Å²) in [6, 6.07) is 2.28. The molecule has 1 fully saturated rings. The number of nitro benzene ring substituents is 1. The molecule has 1 amide bonds. The number of morpholine rings is 1. The van der Waals surface area contributed by atoms with Crippen LogP contribution < -0.4 is 0 Å². The predicted molar refractivity (Wildman–Crippen MR) is 79.1 cm³/mol. The molecule has 1 heterocycles. The highest BCUT2D eigenvalue weighted by molar-refractivity contribution is 6.44. The fraction of sp³-hybridized carbons (Fsp3) is 0.462. The van der Waals surface area contributed by atoms with Crippen LogP contribution in [0.15, 0.2) is 12.1 Å². The number of non-ortho nitro benzene ring substituents is 1. The summed E-state index contributed by atoms with van der Waals surface area (Å²) in [4.78, 5) is 24.6. The minimum Gasteiger partial charge on any atom is -0.377 e. The number of benzene rings is 1. The normalized spacial score (nSPS) is 17.6. The molecule has 0 radical (unpaired) electrons. The first-order valence-electron chi connectivity index (χ1n) is 6.27. The molecule has 21 heavy (non-hydrogen) atoms. The zero-order valence-electron chi connectivity index (χ0n) is 11.6. The lowest BCUT2D eigenvalue weighted by Gasteiger charge is -2.42. The molecule has 8 heteroatoms. The Labute approximate surface area is 131 Å². The van der Waals surface area contributed by atoms with Crippen LogP contribution in [-0.2, 0) is 4.74 Å². The van der Waals surface area contributed by atoms with Crippen LogP contribution >= 0.6 is 23.2 Å². The molecule has 0 unspecified atom stereocenters. The maximum Gasteiger partial charge on any atom is 0.271 e. The van der Waals surface area contributed by atoms with Gasteiger partial charge in [0.05, 0.1) is 39.3 Å². The number of rotatable bonds is 2. The van der Waals surface area contributed by atoms with E-state index in [0.717, 1.165) is 12.1 Å². The molecule has 1 saturated heterocycles. The molecule has 1 aromatic rings. The predicted octanol–water partition coefficient (Wildman–Crippen LogP) is 3.15. The van der Waals surface area contributed by atoms with E-state index in [-0.39, 0.29) is 27.2 Å². The van der Waals surface area contributed by atoms with E-state index in [4.69, 9.17) is 27.9 Å². The van der Waals surface area contributed by atoms with Crippen LogP contribution in [0.2, 0.25) is 10.0 Å². The zero-order chi connectivity index (χ0) is 15.8. The Kier molecular flexibility index (Phi) is 4.41. The van der Waals surface area contributed by atoms with Gasteiger partial charge < -0.3 is 9.64 Å². The van der Waals surface area contributed by atoms with Gasteiger partial charge in [0.1, 0.15) is 0 Å². The fourth-order valence-corrected chi connectivity index (χ4v) is 2.62. The number of nitro groups is 1. The molecule has 0 spiro atoms. The standard InChI is InChI=1S/C13H14Cl2N2O4/c1-13(2)7-21-4-3-16(13)12(18)9-5-8(17(19)20)6-10(14)11(9)15/h5-6H,3-4,7H2,1-2H3. The molecular formula is C13H14Cl2N2O4.